The first-order valence-electron chi connectivity index (χ1n) is 13.8. The lowest BCUT2D eigenvalue weighted by Gasteiger charge is -2.39. The van der Waals surface area contributed by atoms with Gasteiger partial charge in [0.05, 0.1) is 12.5 Å². The molecule has 2 aromatic carbocycles. The summed E-state index contributed by atoms with van der Waals surface area (Å²) in [5.74, 6) is 1.86. The number of ether oxygens (including phenoxy) is 1. The van der Waals surface area contributed by atoms with Crippen LogP contribution in [0.4, 0.5) is 0 Å². The van der Waals surface area contributed by atoms with Crippen LogP contribution < -0.4 is 10.1 Å². The SMILES string of the molecule is CC(Oc1ccc(C2(c3ccc(C(=O)NCCC(=O)O)cc3)CC3CCC2C3)cc1)C1CCCCC1. The van der Waals surface area contributed by atoms with E-state index in [1.807, 2.05) is 12.1 Å². The fourth-order valence-corrected chi connectivity index (χ4v) is 7.25. The Hall–Kier alpha value is -2.82. The number of carbonyl (C=O) groups excluding carboxylic acids is 1. The van der Waals surface area contributed by atoms with Crippen molar-refractivity contribution >= 4 is 11.9 Å². The molecule has 0 aliphatic heterocycles. The van der Waals surface area contributed by atoms with Gasteiger partial charge in [-0.2, -0.15) is 0 Å². The van der Waals surface area contributed by atoms with Gasteiger partial charge < -0.3 is 15.2 Å². The zero-order valence-corrected chi connectivity index (χ0v) is 21.4. The summed E-state index contributed by atoms with van der Waals surface area (Å²) in [6.45, 7) is 2.36. The second-order valence-corrected chi connectivity index (χ2v) is 11.3. The van der Waals surface area contributed by atoms with Gasteiger partial charge in [0.25, 0.3) is 5.91 Å². The molecule has 3 aliphatic carbocycles. The molecule has 0 heterocycles. The first-order valence-corrected chi connectivity index (χ1v) is 13.8. The van der Waals surface area contributed by atoms with Gasteiger partial charge in [0.1, 0.15) is 5.75 Å². The van der Waals surface area contributed by atoms with Gasteiger partial charge >= 0.3 is 5.97 Å². The summed E-state index contributed by atoms with van der Waals surface area (Å²) < 4.78 is 6.38. The number of aliphatic carboxylic acids is 1. The van der Waals surface area contributed by atoms with E-state index < -0.39 is 5.97 Å². The van der Waals surface area contributed by atoms with Crippen LogP contribution in [0.2, 0.25) is 0 Å². The van der Waals surface area contributed by atoms with Crippen molar-refractivity contribution < 1.29 is 19.4 Å². The Kier molecular flexibility index (Phi) is 7.36. The number of rotatable bonds is 9. The standard InChI is InChI=1S/C31H39NO4/c1-21(23-5-3-2-4-6-23)36-28-15-13-26(14-16-28)31(20-22-7-10-27(31)19-22)25-11-8-24(9-12-25)30(35)32-18-17-29(33)34/h8-9,11-16,21-23,27H,2-7,10,17-20H2,1H3,(H,32,35)(H,33,34). The van der Waals surface area contributed by atoms with Crippen molar-refractivity contribution in [2.24, 2.45) is 17.8 Å². The predicted molar refractivity (Wildman–Crippen MR) is 140 cm³/mol. The molecule has 1 amide bonds. The highest BCUT2D eigenvalue weighted by atomic mass is 16.5. The van der Waals surface area contributed by atoms with E-state index in [4.69, 9.17) is 9.84 Å². The molecule has 36 heavy (non-hydrogen) atoms. The number of benzene rings is 2. The van der Waals surface area contributed by atoms with Crippen LogP contribution in [0.1, 0.15) is 92.6 Å². The zero-order valence-electron chi connectivity index (χ0n) is 21.4. The predicted octanol–water partition coefficient (Wildman–Crippen LogP) is 6.34. The molecule has 0 radical (unpaired) electrons. The van der Waals surface area contributed by atoms with E-state index >= 15 is 0 Å². The summed E-state index contributed by atoms with van der Waals surface area (Å²) in [6.07, 6.45) is 11.7. The Morgan fingerprint density at radius 3 is 2.22 bits per heavy atom. The van der Waals surface area contributed by atoms with Gasteiger partial charge in [-0.15, -0.1) is 0 Å². The largest absolute Gasteiger partial charge is 0.490 e. The van der Waals surface area contributed by atoms with Gasteiger partial charge in [-0.1, -0.05) is 49.9 Å². The molecule has 4 unspecified atom stereocenters. The topological polar surface area (TPSA) is 75.6 Å². The van der Waals surface area contributed by atoms with Crippen molar-refractivity contribution in [3.63, 3.8) is 0 Å². The van der Waals surface area contributed by atoms with Crippen LogP contribution in [0.5, 0.6) is 5.75 Å². The smallest absolute Gasteiger partial charge is 0.305 e. The second-order valence-electron chi connectivity index (χ2n) is 11.3. The highest BCUT2D eigenvalue weighted by Gasteiger charge is 2.52. The molecular weight excluding hydrogens is 450 g/mol. The normalized spacial score (nSPS) is 26.5. The Balaban J connectivity index is 1.33. The molecule has 5 nitrogen and oxygen atoms in total. The molecule has 2 bridgehead atoms. The number of hydrogen-bond donors (Lipinski definition) is 2. The Morgan fingerprint density at radius 2 is 1.64 bits per heavy atom. The van der Waals surface area contributed by atoms with Gasteiger partial charge in [-0.05, 0) is 92.2 Å². The molecule has 5 heteroatoms. The highest BCUT2D eigenvalue weighted by Crippen LogP contribution is 2.60. The fraction of sp³-hybridized carbons (Fsp3) is 0.548. The molecule has 0 aromatic heterocycles. The van der Waals surface area contributed by atoms with E-state index in [1.54, 1.807) is 0 Å². The molecular formula is C31H39NO4. The summed E-state index contributed by atoms with van der Waals surface area (Å²) in [5.41, 5.74) is 3.18. The number of fused-ring (bicyclic) bond motifs is 2. The third-order valence-corrected chi connectivity index (χ3v) is 9.14. The molecule has 2 N–H and O–H groups in total. The van der Waals surface area contributed by atoms with Crippen molar-refractivity contribution in [2.75, 3.05) is 6.54 Å². The van der Waals surface area contributed by atoms with E-state index in [1.165, 1.54) is 62.5 Å². The van der Waals surface area contributed by atoms with Gasteiger partial charge in [-0.25, -0.2) is 0 Å². The maximum atomic E-state index is 12.5. The third-order valence-electron chi connectivity index (χ3n) is 9.14. The Labute approximate surface area is 214 Å². The number of carbonyl (C=O) groups is 2. The zero-order chi connectivity index (χ0) is 25.1. The second kappa shape index (κ2) is 10.7. The number of carboxylic acid groups (broad SMARTS) is 1. The fourth-order valence-electron chi connectivity index (χ4n) is 7.25. The first-order chi connectivity index (χ1) is 17.5. The molecule has 3 aliphatic rings. The summed E-state index contributed by atoms with van der Waals surface area (Å²) in [6, 6.07) is 16.9. The van der Waals surface area contributed by atoms with Crippen molar-refractivity contribution in [1.82, 2.24) is 5.32 Å². The Morgan fingerprint density at radius 1 is 0.972 bits per heavy atom. The third kappa shape index (κ3) is 5.02. The van der Waals surface area contributed by atoms with E-state index in [9.17, 15) is 9.59 Å². The van der Waals surface area contributed by atoms with Gasteiger partial charge in [-0.3, -0.25) is 9.59 Å². The number of nitrogens with one attached hydrogen (secondary N) is 1. The van der Waals surface area contributed by atoms with E-state index in [2.05, 4.69) is 48.6 Å². The average molecular weight is 490 g/mol. The van der Waals surface area contributed by atoms with Gasteiger partial charge in [0, 0.05) is 17.5 Å². The average Bonchev–Trinajstić information content (AvgIpc) is 3.52. The molecule has 192 valence electrons. The minimum absolute atomic E-state index is 0.0191. The minimum Gasteiger partial charge on any atom is -0.490 e. The molecule has 3 saturated carbocycles. The van der Waals surface area contributed by atoms with Crippen LogP contribution >= 0.6 is 0 Å². The molecule has 4 atom stereocenters. The lowest BCUT2D eigenvalue weighted by atomic mass is 9.64. The van der Waals surface area contributed by atoms with Gasteiger partial charge in [0.15, 0.2) is 0 Å². The lowest BCUT2D eigenvalue weighted by molar-refractivity contribution is -0.136. The highest BCUT2D eigenvalue weighted by molar-refractivity contribution is 5.94. The number of hydrogen-bond acceptors (Lipinski definition) is 3. The van der Waals surface area contributed by atoms with E-state index in [0.717, 1.165) is 18.1 Å². The first kappa shape index (κ1) is 24.9. The van der Waals surface area contributed by atoms with E-state index in [0.29, 0.717) is 17.4 Å². The van der Waals surface area contributed by atoms with Crippen LogP contribution in [-0.4, -0.2) is 29.6 Å². The monoisotopic (exact) mass is 489 g/mol. The number of carboxylic acids is 1. The van der Waals surface area contributed by atoms with Crippen LogP contribution in [0.25, 0.3) is 0 Å². The molecule has 3 fully saturated rings. The van der Waals surface area contributed by atoms with Crippen LogP contribution in [0, 0.1) is 17.8 Å². The van der Waals surface area contributed by atoms with Crippen LogP contribution in [0.3, 0.4) is 0 Å². The Bertz CT molecular complexity index is 1060. The van der Waals surface area contributed by atoms with Gasteiger partial charge in [0.2, 0.25) is 0 Å². The van der Waals surface area contributed by atoms with E-state index in [-0.39, 0.29) is 30.4 Å². The maximum absolute atomic E-state index is 12.5. The maximum Gasteiger partial charge on any atom is 0.305 e. The molecule has 5 rings (SSSR count). The molecule has 2 aromatic rings. The van der Waals surface area contributed by atoms with Crippen LogP contribution in [-0.2, 0) is 10.2 Å². The summed E-state index contributed by atoms with van der Waals surface area (Å²) in [7, 11) is 0. The molecule has 0 saturated heterocycles. The summed E-state index contributed by atoms with van der Waals surface area (Å²) in [4.78, 5) is 23.2. The van der Waals surface area contributed by atoms with Crippen molar-refractivity contribution in [1.29, 1.82) is 0 Å². The minimum atomic E-state index is -0.913. The van der Waals surface area contributed by atoms with Crippen LogP contribution in [0.15, 0.2) is 48.5 Å². The van der Waals surface area contributed by atoms with Crippen molar-refractivity contribution in [2.45, 2.75) is 82.7 Å². The summed E-state index contributed by atoms with van der Waals surface area (Å²) >= 11 is 0. The summed E-state index contributed by atoms with van der Waals surface area (Å²) in [5, 5.41) is 11.5. The van der Waals surface area contributed by atoms with Crippen molar-refractivity contribution in [3.05, 3.63) is 65.2 Å². The van der Waals surface area contributed by atoms with Crippen molar-refractivity contribution in [3.8, 4) is 5.75 Å². The molecule has 0 spiro atoms. The lowest BCUT2D eigenvalue weighted by Crippen LogP contribution is -2.34. The quantitative estimate of drug-likeness (QED) is 0.431. The number of amides is 1.